The van der Waals surface area contributed by atoms with Gasteiger partial charge in [-0.2, -0.15) is 0 Å². The van der Waals surface area contributed by atoms with Crippen LogP contribution >= 0.6 is 0 Å². The topological polar surface area (TPSA) is 63.5 Å². The summed E-state index contributed by atoms with van der Waals surface area (Å²) in [4.78, 5) is 12.0. The van der Waals surface area contributed by atoms with Gasteiger partial charge in [-0.3, -0.25) is 0 Å². The zero-order chi connectivity index (χ0) is 16.4. The van der Waals surface area contributed by atoms with Crippen LogP contribution in [0.5, 0.6) is 5.75 Å². The molecule has 5 heteroatoms. The number of carbonyl (C=O) groups excluding carboxylic acids is 1. The van der Waals surface area contributed by atoms with Gasteiger partial charge in [0.25, 0.3) is 0 Å². The molecular formula is C18H20N2O3. The third kappa shape index (κ3) is 2.95. The number of amides is 2. The number of nitrogens with one attached hydrogen (secondary N) is 2. The fourth-order valence-corrected chi connectivity index (χ4v) is 2.50. The lowest BCUT2D eigenvalue weighted by atomic mass is 10.1. The van der Waals surface area contributed by atoms with Crippen molar-refractivity contribution in [2.45, 2.75) is 26.3 Å². The van der Waals surface area contributed by atoms with E-state index in [4.69, 9.17) is 9.15 Å². The summed E-state index contributed by atoms with van der Waals surface area (Å²) in [6.45, 7) is 3.98. The maximum absolute atomic E-state index is 12.0. The van der Waals surface area contributed by atoms with Crippen LogP contribution in [0.2, 0.25) is 0 Å². The first kappa shape index (κ1) is 15.2. The number of fused-ring (bicyclic) bond motifs is 3. The Bertz CT molecular complexity index is 854. The van der Waals surface area contributed by atoms with Gasteiger partial charge in [0.05, 0.1) is 12.8 Å². The Morgan fingerprint density at radius 2 is 2.00 bits per heavy atom. The predicted octanol–water partition coefficient (Wildman–Crippen LogP) is 4.51. The van der Waals surface area contributed by atoms with Gasteiger partial charge in [-0.1, -0.05) is 25.1 Å². The second kappa shape index (κ2) is 6.20. The van der Waals surface area contributed by atoms with Crippen molar-refractivity contribution in [2.24, 2.45) is 0 Å². The zero-order valence-electron chi connectivity index (χ0n) is 13.5. The van der Waals surface area contributed by atoms with Gasteiger partial charge in [0.15, 0.2) is 0 Å². The number of methoxy groups -OCH3 is 1. The number of hydrogen-bond acceptors (Lipinski definition) is 3. The summed E-state index contributed by atoms with van der Waals surface area (Å²) in [5, 5.41) is 7.68. The number of para-hydroxylation sites is 1. The molecule has 0 spiro atoms. The molecule has 1 heterocycles. The SMILES string of the molecule is CCC(C)NC(=O)Nc1cc2oc3ccccc3c2cc1OC. The lowest BCUT2D eigenvalue weighted by Gasteiger charge is -2.14. The van der Waals surface area contributed by atoms with E-state index in [0.29, 0.717) is 17.0 Å². The van der Waals surface area contributed by atoms with Crippen molar-refractivity contribution in [1.82, 2.24) is 5.32 Å². The Labute approximate surface area is 134 Å². The minimum Gasteiger partial charge on any atom is -0.495 e. The summed E-state index contributed by atoms with van der Waals surface area (Å²) >= 11 is 0. The van der Waals surface area contributed by atoms with Crippen LogP contribution in [0.25, 0.3) is 21.9 Å². The number of benzene rings is 2. The zero-order valence-corrected chi connectivity index (χ0v) is 13.5. The highest BCUT2D eigenvalue weighted by Gasteiger charge is 2.14. The third-order valence-corrected chi connectivity index (χ3v) is 3.94. The van der Waals surface area contributed by atoms with Crippen molar-refractivity contribution in [3.05, 3.63) is 36.4 Å². The highest BCUT2D eigenvalue weighted by molar-refractivity contribution is 6.07. The van der Waals surface area contributed by atoms with Crippen LogP contribution in [0.3, 0.4) is 0 Å². The van der Waals surface area contributed by atoms with E-state index in [-0.39, 0.29) is 12.1 Å². The van der Waals surface area contributed by atoms with Crippen molar-refractivity contribution >= 4 is 33.7 Å². The predicted molar refractivity (Wildman–Crippen MR) is 92.2 cm³/mol. The number of urea groups is 1. The van der Waals surface area contributed by atoms with Gasteiger partial charge in [0, 0.05) is 22.9 Å². The standard InChI is InChI=1S/C18H20N2O3/c1-4-11(2)19-18(21)20-14-10-16-13(9-17(14)22-3)12-7-5-6-8-15(12)23-16/h5-11H,4H2,1-3H3,(H2,19,20,21). The fourth-order valence-electron chi connectivity index (χ4n) is 2.50. The first-order valence-electron chi connectivity index (χ1n) is 7.69. The van der Waals surface area contributed by atoms with Crippen molar-refractivity contribution < 1.29 is 13.9 Å². The largest absolute Gasteiger partial charge is 0.495 e. The number of furan rings is 1. The maximum Gasteiger partial charge on any atom is 0.319 e. The molecular weight excluding hydrogens is 292 g/mol. The molecule has 2 N–H and O–H groups in total. The van der Waals surface area contributed by atoms with Crippen molar-refractivity contribution in [3.63, 3.8) is 0 Å². The second-order valence-electron chi connectivity index (χ2n) is 5.55. The van der Waals surface area contributed by atoms with Gasteiger partial charge in [-0.15, -0.1) is 0 Å². The Hall–Kier alpha value is -2.69. The number of ether oxygens (including phenoxy) is 1. The summed E-state index contributed by atoms with van der Waals surface area (Å²) in [6.07, 6.45) is 0.868. The molecule has 120 valence electrons. The number of carbonyl (C=O) groups is 1. The summed E-state index contributed by atoms with van der Waals surface area (Å²) in [7, 11) is 1.58. The van der Waals surface area contributed by atoms with E-state index in [1.165, 1.54) is 0 Å². The van der Waals surface area contributed by atoms with E-state index in [2.05, 4.69) is 10.6 Å². The van der Waals surface area contributed by atoms with Gasteiger partial charge in [0.1, 0.15) is 16.9 Å². The van der Waals surface area contributed by atoms with Crippen LogP contribution in [-0.4, -0.2) is 19.2 Å². The van der Waals surface area contributed by atoms with E-state index in [9.17, 15) is 4.79 Å². The second-order valence-corrected chi connectivity index (χ2v) is 5.55. The minimum atomic E-state index is -0.256. The van der Waals surface area contributed by atoms with Gasteiger partial charge < -0.3 is 19.8 Å². The molecule has 1 atom stereocenters. The highest BCUT2D eigenvalue weighted by Crippen LogP contribution is 2.36. The number of hydrogen-bond donors (Lipinski definition) is 2. The van der Waals surface area contributed by atoms with Crippen molar-refractivity contribution in [2.75, 3.05) is 12.4 Å². The molecule has 0 fully saturated rings. The van der Waals surface area contributed by atoms with E-state index >= 15 is 0 Å². The monoisotopic (exact) mass is 312 g/mol. The molecule has 0 saturated heterocycles. The molecule has 0 aliphatic rings. The smallest absolute Gasteiger partial charge is 0.319 e. The van der Waals surface area contributed by atoms with Gasteiger partial charge in [-0.25, -0.2) is 4.79 Å². The lowest BCUT2D eigenvalue weighted by Crippen LogP contribution is -2.35. The van der Waals surface area contributed by atoms with E-state index in [1.807, 2.05) is 44.2 Å². The molecule has 0 aliphatic heterocycles. The van der Waals surface area contributed by atoms with Gasteiger partial charge >= 0.3 is 6.03 Å². The molecule has 5 nitrogen and oxygen atoms in total. The van der Waals surface area contributed by atoms with Gasteiger partial charge in [0.2, 0.25) is 0 Å². The van der Waals surface area contributed by atoms with Crippen molar-refractivity contribution in [3.8, 4) is 5.75 Å². The fraction of sp³-hybridized carbons (Fsp3) is 0.278. The summed E-state index contributed by atoms with van der Waals surface area (Å²) in [6, 6.07) is 11.4. The average Bonchev–Trinajstić information content (AvgIpc) is 2.91. The molecule has 0 radical (unpaired) electrons. The molecule has 1 aromatic heterocycles. The maximum atomic E-state index is 12.0. The first-order valence-corrected chi connectivity index (χ1v) is 7.69. The molecule has 2 aromatic carbocycles. The number of rotatable bonds is 4. The lowest BCUT2D eigenvalue weighted by molar-refractivity contribution is 0.249. The Morgan fingerprint density at radius 1 is 1.22 bits per heavy atom. The summed E-state index contributed by atoms with van der Waals surface area (Å²) in [5.41, 5.74) is 2.11. The van der Waals surface area contributed by atoms with Crippen LogP contribution in [0, 0.1) is 0 Å². The van der Waals surface area contributed by atoms with Crippen LogP contribution in [-0.2, 0) is 0 Å². The molecule has 2 amide bonds. The quantitative estimate of drug-likeness (QED) is 0.744. The van der Waals surface area contributed by atoms with Gasteiger partial charge in [-0.05, 0) is 25.5 Å². The van der Waals surface area contributed by atoms with Crippen molar-refractivity contribution in [1.29, 1.82) is 0 Å². The first-order chi connectivity index (χ1) is 11.1. The highest BCUT2D eigenvalue weighted by atomic mass is 16.5. The molecule has 1 unspecified atom stereocenters. The van der Waals surface area contributed by atoms with E-state index < -0.39 is 0 Å². The minimum absolute atomic E-state index is 0.107. The molecule has 23 heavy (non-hydrogen) atoms. The average molecular weight is 312 g/mol. The summed E-state index contributed by atoms with van der Waals surface area (Å²) in [5.74, 6) is 0.600. The molecule has 3 rings (SSSR count). The van der Waals surface area contributed by atoms with Crippen LogP contribution in [0.15, 0.2) is 40.8 Å². The normalized spacial score (nSPS) is 12.3. The van der Waals surface area contributed by atoms with E-state index in [1.54, 1.807) is 13.2 Å². The summed E-state index contributed by atoms with van der Waals surface area (Å²) < 4.78 is 11.3. The Balaban J connectivity index is 1.99. The van der Waals surface area contributed by atoms with Crippen LogP contribution in [0.4, 0.5) is 10.5 Å². The Kier molecular flexibility index (Phi) is 4.10. The molecule has 0 bridgehead atoms. The Morgan fingerprint density at radius 3 is 2.74 bits per heavy atom. The number of anilines is 1. The molecule has 0 saturated carbocycles. The van der Waals surface area contributed by atoms with E-state index in [0.717, 1.165) is 22.8 Å². The van der Waals surface area contributed by atoms with Crippen LogP contribution in [0.1, 0.15) is 20.3 Å². The molecule has 0 aliphatic carbocycles. The van der Waals surface area contributed by atoms with Crippen LogP contribution < -0.4 is 15.4 Å². The third-order valence-electron chi connectivity index (χ3n) is 3.94. The molecule has 3 aromatic rings.